The van der Waals surface area contributed by atoms with Crippen LogP contribution >= 0.6 is 0 Å². The van der Waals surface area contributed by atoms with Crippen LogP contribution in [0, 0.1) is 11.8 Å². The quantitative estimate of drug-likeness (QED) is 0.364. The van der Waals surface area contributed by atoms with Gasteiger partial charge in [-0.2, -0.15) is 0 Å². The van der Waals surface area contributed by atoms with E-state index in [1.165, 1.54) is 5.48 Å². The van der Waals surface area contributed by atoms with Crippen molar-refractivity contribution in [2.24, 2.45) is 5.73 Å². The van der Waals surface area contributed by atoms with Crippen LogP contribution < -0.4 is 16.5 Å². The molecule has 0 unspecified atom stereocenters. The van der Waals surface area contributed by atoms with Crippen molar-refractivity contribution in [1.82, 2.24) is 10.8 Å². The first-order chi connectivity index (χ1) is 13.3. The predicted molar refractivity (Wildman–Crippen MR) is 108 cm³/mol. The van der Waals surface area contributed by atoms with Gasteiger partial charge < -0.3 is 11.1 Å². The summed E-state index contributed by atoms with van der Waals surface area (Å²) >= 11 is 0. The van der Waals surface area contributed by atoms with Crippen LogP contribution in [0.25, 0.3) is 6.08 Å². The third kappa shape index (κ3) is 6.09. The van der Waals surface area contributed by atoms with Gasteiger partial charge in [-0.05, 0) is 55.8 Å². The SMILES string of the molecule is CC(C)(N)[C@H](NC(=O)c1ccc(/C=C/C#Cc2ccccc2)cc1)C(=O)NO. The minimum absolute atomic E-state index is 0.368. The molecule has 5 N–H and O–H groups in total. The number of hydrogen-bond donors (Lipinski definition) is 4. The highest BCUT2D eigenvalue weighted by atomic mass is 16.5. The van der Waals surface area contributed by atoms with E-state index in [2.05, 4.69) is 17.2 Å². The number of benzene rings is 2. The van der Waals surface area contributed by atoms with Gasteiger partial charge in [0.2, 0.25) is 0 Å². The third-order valence-electron chi connectivity index (χ3n) is 3.91. The van der Waals surface area contributed by atoms with Crippen LogP contribution in [-0.4, -0.2) is 28.6 Å². The first-order valence-corrected chi connectivity index (χ1v) is 8.68. The molecular formula is C22H23N3O3. The van der Waals surface area contributed by atoms with E-state index in [9.17, 15) is 9.59 Å². The molecule has 2 amide bonds. The van der Waals surface area contributed by atoms with Gasteiger partial charge in [0.1, 0.15) is 6.04 Å². The smallest absolute Gasteiger partial charge is 0.267 e. The van der Waals surface area contributed by atoms with Crippen molar-refractivity contribution in [2.75, 3.05) is 0 Å². The Labute approximate surface area is 164 Å². The molecule has 0 bridgehead atoms. The molecule has 0 aliphatic carbocycles. The number of allylic oxidation sites excluding steroid dienone is 1. The van der Waals surface area contributed by atoms with Crippen molar-refractivity contribution in [2.45, 2.75) is 25.4 Å². The molecule has 0 spiro atoms. The van der Waals surface area contributed by atoms with Crippen molar-refractivity contribution in [3.63, 3.8) is 0 Å². The summed E-state index contributed by atoms with van der Waals surface area (Å²) in [6, 6.07) is 15.4. The molecular weight excluding hydrogens is 354 g/mol. The average molecular weight is 377 g/mol. The summed E-state index contributed by atoms with van der Waals surface area (Å²) in [4.78, 5) is 24.1. The Bertz CT molecular complexity index is 902. The number of carbonyl (C=O) groups excluding carboxylic acids is 2. The lowest BCUT2D eigenvalue weighted by atomic mass is 9.95. The van der Waals surface area contributed by atoms with Gasteiger partial charge in [-0.25, -0.2) is 5.48 Å². The van der Waals surface area contributed by atoms with Crippen molar-refractivity contribution < 1.29 is 14.8 Å². The molecule has 0 aromatic heterocycles. The average Bonchev–Trinajstić information content (AvgIpc) is 2.69. The normalized spacial score (nSPS) is 12.0. The molecule has 1 atom stereocenters. The van der Waals surface area contributed by atoms with E-state index in [1.807, 2.05) is 36.4 Å². The predicted octanol–water partition coefficient (Wildman–Crippen LogP) is 2.09. The zero-order valence-electron chi connectivity index (χ0n) is 15.8. The lowest BCUT2D eigenvalue weighted by Crippen LogP contribution is -2.61. The summed E-state index contributed by atoms with van der Waals surface area (Å²) in [5, 5.41) is 11.4. The molecule has 0 fully saturated rings. The molecule has 0 saturated carbocycles. The topological polar surface area (TPSA) is 104 Å². The fraction of sp³-hybridized carbons (Fsp3) is 0.182. The van der Waals surface area contributed by atoms with Gasteiger partial charge in [-0.15, -0.1) is 0 Å². The van der Waals surface area contributed by atoms with E-state index in [0.717, 1.165) is 11.1 Å². The number of carbonyl (C=O) groups is 2. The molecule has 0 aliphatic heterocycles. The summed E-state index contributed by atoms with van der Waals surface area (Å²) in [6.07, 6.45) is 3.57. The van der Waals surface area contributed by atoms with Gasteiger partial charge in [0, 0.05) is 16.7 Å². The van der Waals surface area contributed by atoms with Crippen LogP contribution in [0.1, 0.15) is 35.3 Å². The van der Waals surface area contributed by atoms with Crippen molar-refractivity contribution >= 4 is 17.9 Å². The second-order valence-corrected chi connectivity index (χ2v) is 6.79. The number of hydroxylamine groups is 1. The van der Waals surface area contributed by atoms with Gasteiger partial charge in [-0.1, -0.05) is 42.2 Å². The first-order valence-electron chi connectivity index (χ1n) is 8.68. The standard InChI is InChI=1S/C22H23N3O3/c1-22(2,23)19(21(27)25-28)24-20(26)18-14-12-17(13-15-18)11-7-6-10-16-8-4-3-5-9-16/h3-5,7-9,11-15,19,28H,23H2,1-2H3,(H,24,26)(H,25,27)/b11-7+/t19-/m1/s1. The highest BCUT2D eigenvalue weighted by molar-refractivity contribution is 5.98. The van der Waals surface area contributed by atoms with Crippen LogP contribution in [0.3, 0.4) is 0 Å². The van der Waals surface area contributed by atoms with Gasteiger partial charge in [0.15, 0.2) is 0 Å². The molecule has 0 heterocycles. The van der Waals surface area contributed by atoms with Crippen LogP contribution in [0.5, 0.6) is 0 Å². The zero-order chi connectivity index (χ0) is 20.6. The monoisotopic (exact) mass is 377 g/mol. The van der Waals surface area contributed by atoms with E-state index >= 15 is 0 Å². The summed E-state index contributed by atoms with van der Waals surface area (Å²) in [7, 11) is 0. The number of nitrogens with two attached hydrogens (primary N) is 1. The summed E-state index contributed by atoms with van der Waals surface area (Å²) in [6.45, 7) is 3.16. The second kappa shape index (κ2) is 9.51. The van der Waals surface area contributed by atoms with E-state index in [0.29, 0.717) is 5.56 Å². The van der Waals surface area contributed by atoms with Gasteiger partial charge in [0.05, 0.1) is 0 Å². The largest absolute Gasteiger partial charge is 0.338 e. The van der Waals surface area contributed by atoms with Crippen molar-refractivity contribution in [3.8, 4) is 11.8 Å². The maximum atomic E-state index is 12.4. The Morgan fingerprint density at radius 3 is 2.32 bits per heavy atom. The molecule has 2 rings (SSSR count). The molecule has 6 heteroatoms. The third-order valence-corrected chi connectivity index (χ3v) is 3.91. The lowest BCUT2D eigenvalue weighted by molar-refractivity contribution is -0.132. The Morgan fingerprint density at radius 1 is 1.11 bits per heavy atom. The minimum Gasteiger partial charge on any atom is -0.338 e. The molecule has 144 valence electrons. The highest BCUT2D eigenvalue weighted by Crippen LogP contribution is 2.10. The van der Waals surface area contributed by atoms with Crippen molar-refractivity contribution in [1.29, 1.82) is 0 Å². The van der Waals surface area contributed by atoms with Gasteiger partial charge in [0.25, 0.3) is 11.8 Å². The molecule has 0 aliphatic rings. The highest BCUT2D eigenvalue weighted by Gasteiger charge is 2.33. The summed E-state index contributed by atoms with van der Waals surface area (Å²) in [5.74, 6) is 4.74. The molecule has 0 radical (unpaired) electrons. The Hall–Kier alpha value is -3.40. The van der Waals surface area contributed by atoms with Crippen LogP contribution in [0.4, 0.5) is 0 Å². The van der Waals surface area contributed by atoms with Crippen LogP contribution in [0.15, 0.2) is 60.7 Å². The maximum absolute atomic E-state index is 12.4. The summed E-state index contributed by atoms with van der Waals surface area (Å²) < 4.78 is 0. The fourth-order valence-corrected chi connectivity index (χ4v) is 2.40. The molecule has 28 heavy (non-hydrogen) atoms. The van der Waals surface area contributed by atoms with E-state index in [-0.39, 0.29) is 0 Å². The molecule has 6 nitrogen and oxygen atoms in total. The molecule has 2 aromatic rings. The summed E-state index contributed by atoms with van der Waals surface area (Å²) in [5.41, 5.74) is 8.56. The minimum atomic E-state index is -1.09. The van der Waals surface area contributed by atoms with Gasteiger partial charge >= 0.3 is 0 Å². The van der Waals surface area contributed by atoms with E-state index < -0.39 is 23.4 Å². The number of rotatable bonds is 5. The van der Waals surface area contributed by atoms with Crippen LogP contribution in [-0.2, 0) is 4.79 Å². The molecule has 0 saturated heterocycles. The molecule has 2 aromatic carbocycles. The number of amides is 2. The number of hydrogen-bond acceptors (Lipinski definition) is 4. The number of nitrogens with one attached hydrogen (secondary N) is 2. The second-order valence-electron chi connectivity index (χ2n) is 6.79. The van der Waals surface area contributed by atoms with Crippen molar-refractivity contribution in [3.05, 3.63) is 77.4 Å². The zero-order valence-corrected chi connectivity index (χ0v) is 15.8. The van der Waals surface area contributed by atoms with Gasteiger partial charge in [-0.3, -0.25) is 14.8 Å². The van der Waals surface area contributed by atoms with E-state index in [1.54, 1.807) is 44.2 Å². The first kappa shape index (κ1) is 20.9. The lowest BCUT2D eigenvalue weighted by Gasteiger charge is -2.29. The Kier molecular flexibility index (Phi) is 7.10. The maximum Gasteiger partial charge on any atom is 0.267 e. The Balaban J connectivity index is 2.03. The van der Waals surface area contributed by atoms with E-state index in [4.69, 9.17) is 10.9 Å². The fourth-order valence-electron chi connectivity index (χ4n) is 2.40. The van der Waals surface area contributed by atoms with Crippen LogP contribution in [0.2, 0.25) is 0 Å². The Morgan fingerprint density at radius 2 is 1.75 bits per heavy atom.